The van der Waals surface area contributed by atoms with Crippen LogP contribution in [0.15, 0.2) is 60.7 Å². The summed E-state index contributed by atoms with van der Waals surface area (Å²) in [6.45, 7) is 0.206. The van der Waals surface area contributed by atoms with Gasteiger partial charge in [-0.15, -0.1) is 0 Å². The van der Waals surface area contributed by atoms with Gasteiger partial charge in [0.05, 0.1) is 0 Å². The molecule has 104 valence electrons. The Balaban J connectivity index is 2.54. The highest BCUT2D eigenvalue weighted by molar-refractivity contribution is 5.90. The first-order chi connectivity index (χ1) is 9.86. The van der Waals surface area contributed by atoms with Crippen molar-refractivity contribution in [3.8, 4) is 0 Å². The van der Waals surface area contributed by atoms with E-state index in [1.54, 1.807) is 0 Å². The van der Waals surface area contributed by atoms with Gasteiger partial charge in [0.2, 0.25) is 0 Å². The summed E-state index contributed by atoms with van der Waals surface area (Å²) in [4.78, 5) is 0. The quantitative estimate of drug-likeness (QED) is 0.789. The molecule has 0 unspecified atom stereocenters. The van der Waals surface area contributed by atoms with E-state index in [0.29, 0.717) is 12.8 Å². The number of aliphatic hydroxyl groups excluding tert-OH is 2. The molecule has 2 aromatic rings. The second kappa shape index (κ2) is 7.63. The molecule has 2 rings (SSSR count). The predicted molar refractivity (Wildman–Crippen MR) is 83.1 cm³/mol. The average Bonchev–Trinajstić information content (AvgIpc) is 2.52. The van der Waals surface area contributed by atoms with Crippen molar-refractivity contribution in [1.82, 2.24) is 0 Å². The Kier molecular flexibility index (Phi) is 5.54. The molecular weight excluding hydrogens is 248 g/mol. The SMILES string of the molecule is OCCC(=C(CCO)c1ccccc1)c1ccccc1. The molecule has 0 fully saturated rings. The highest BCUT2D eigenvalue weighted by Gasteiger charge is 2.10. The van der Waals surface area contributed by atoms with Crippen molar-refractivity contribution >= 4 is 11.1 Å². The van der Waals surface area contributed by atoms with Gasteiger partial charge in [-0.25, -0.2) is 0 Å². The summed E-state index contributed by atoms with van der Waals surface area (Å²) in [6.07, 6.45) is 1.18. The summed E-state index contributed by atoms with van der Waals surface area (Å²) < 4.78 is 0. The van der Waals surface area contributed by atoms with Gasteiger partial charge in [0.15, 0.2) is 0 Å². The first-order valence-corrected chi connectivity index (χ1v) is 6.91. The van der Waals surface area contributed by atoms with Gasteiger partial charge >= 0.3 is 0 Å². The van der Waals surface area contributed by atoms with Gasteiger partial charge < -0.3 is 10.2 Å². The van der Waals surface area contributed by atoms with Crippen LogP contribution in [0, 0.1) is 0 Å². The van der Waals surface area contributed by atoms with E-state index in [0.717, 1.165) is 22.3 Å². The van der Waals surface area contributed by atoms with E-state index >= 15 is 0 Å². The van der Waals surface area contributed by atoms with Gasteiger partial charge in [-0.05, 0) is 35.1 Å². The third-order valence-electron chi connectivity index (χ3n) is 3.33. The molecule has 0 aliphatic rings. The fourth-order valence-corrected chi connectivity index (χ4v) is 2.44. The Labute approximate surface area is 120 Å². The molecule has 0 amide bonds. The molecular formula is C18H20O2. The monoisotopic (exact) mass is 268 g/mol. The molecule has 2 nitrogen and oxygen atoms in total. The van der Waals surface area contributed by atoms with Crippen molar-refractivity contribution in [2.45, 2.75) is 12.8 Å². The molecule has 0 radical (unpaired) electrons. The maximum absolute atomic E-state index is 9.37. The average molecular weight is 268 g/mol. The van der Waals surface area contributed by atoms with Crippen LogP contribution in [0.25, 0.3) is 11.1 Å². The molecule has 2 aromatic carbocycles. The van der Waals surface area contributed by atoms with E-state index in [1.165, 1.54) is 0 Å². The number of benzene rings is 2. The van der Waals surface area contributed by atoms with Crippen LogP contribution < -0.4 is 0 Å². The fraction of sp³-hybridized carbons (Fsp3) is 0.222. The second-order valence-corrected chi connectivity index (χ2v) is 4.64. The molecule has 0 saturated heterocycles. The maximum Gasteiger partial charge on any atom is 0.0471 e. The first-order valence-electron chi connectivity index (χ1n) is 6.91. The lowest BCUT2D eigenvalue weighted by molar-refractivity contribution is 0.301. The van der Waals surface area contributed by atoms with Gasteiger partial charge in [-0.1, -0.05) is 60.7 Å². The Bertz CT molecular complexity index is 493. The normalized spacial score (nSPS) is 12.1. The van der Waals surface area contributed by atoms with Crippen molar-refractivity contribution in [2.24, 2.45) is 0 Å². The predicted octanol–water partition coefficient (Wildman–Crippen LogP) is 3.36. The van der Waals surface area contributed by atoms with Crippen LogP contribution in [-0.2, 0) is 0 Å². The lowest BCUT2D eigenvalue weighted by Gasteiger charge is -2.15. The van der Waals surface area contributed by atoms with Crippen LogP contribution in [0.4, 0.5) is 0 Å². The second-order valence-electron chi connectivity index (χ2n) is 4.64. The molecule has 0 aromatic heterocycles. The van der Waals surface area contributed by atoms with Crippen molar-refractivity contribution in [3.05, 3.63) is 71.8 Å². The molecule has 0 spiro atoms. The summed E-state index contributed by atoms with van der Waals surface area (Å²) in [5.41, 5.74) is 4.42. The molecule has 0 aliphatic heterocycles. The van der Waals surface area contributed by atoms with Gasteiger partial charge in [-0.3, -0.25) is 0 Å². The topological polar surface area (TPSA) is 40.5 Å². The Hall–Kier alpha value is -1.90. The molecule has 0 heterocycles. The van der Waals surface area contributed by atoms with Crippen LogP contribution in [0.2, 0.25) is 0 Å². The van der Waals surface area contributed by atoms with Crippen molar-refractivity contribution in [1.29, 1.82) is 0 Å². The minimum absolute atomic E-state index is 0.103. The summed E-state index contributed by atoms with van der Waals surface area (Å²) in [6, 6.07) is 20.1. The lowest BCUT2D eigenvalue weighted by Crippen LogP contribution is -1.98. The van der Waals surface area contributed by atoms with E-state index in [9.17, 15) is 10.2 Å². The van der Waals surface area contributed by atoms with Crippen molar-refractivity contribution < 1.29 is 10.2 Å². The van der Waals surface area contributed by atoms with E-state index in [4.69, 9.17) is 0 Å². The van der Waals surface area contributed by atoms with E-state index in [-0.39, 0.29) is 13.2 Å². The summed E-state index contributed by atoms with van der Waals surface area (Å²) in [5.74, 6) is 0. The number of hydrogen-bond donors (Lipinski definition) is 2. The van der Waals surface area contributed by atoms with Gasteiger partial charge in [0, 0.05) is 13.2 Å². The molecule has 0 saturated carbocycles. The first kappa shape index (κ1) is 14.5. The van der Waals surface area contributed by atoms with E-state index < -0.39 is 0 Å². The molecule has 0 bridgehead atoms. The highest BCUT2D eigenvalue weighted by Crippen LogP contribution is 2.31. The standard InChI is InChI=1S/C18H20O2/c19-13-11-17(15-7-3-1-4-8-15)18(12-14-20)16-9-5-2-6-10-16/h1-10,19-20H,11-14H2. The van der Waals surface area contributed by atoms with E-state index in [2.05, 4.69) is 0 Å². The zero-order valence-corrected chi connectivity index (χ0v) is 11.5. The third-order valence-corrected chi connectivity index (χ3v) is 3.33. The molecule has 0 aliphatic carbocycles. The lowest BCUT2D eigenvalue weighted by atomic mass is 9.91. The molecule has 20 heavy (non-hydrogen) atoms. The minimum Gasteiger partial charge on any atom is -0.396 e. The van der Waals surface area contributed by atoms with Gasteiger partial charge in [-0.2, -0.15) is 0 Å². The minimum atomic E-state index is 0.103. The molecule has 2 heteroatoms. The zero-order valence-electron chi connectivity index (χ0n) is 11.5. The summed E-state index contributed by atoms with van der Waals surface area (Å²) in [5, 5.41) is 18.7. The van der Waals surface area contributed by atoms with Crippen LogP contribution >= 0.6 is 0 Å². The molecule has 0 atom stereocenters. The van der Waals surface area contributed by atoms with Crippen LogP contribution in [0.3, 0.4) is 0 Å². The highest BCUT2D eigenvalue weighted by atomic mass is 16.3. The van der Waals surface area contributed by atoms with E-state index in [1.807, 2.05) is 60.7 Å². The third kappa shape index (κ3) is 3.56. The molecule has 2 N–H and O–H groups in total. The van der Waals surface area contributed by atoms with Crippen LogP contribution in [-0.4, -0.2) is 23.4 Å². The van der Waals surface area contributed by atoms with Gasteiger partial charge in [0.1, 0.15) is 0 Å². The van der Waals surface area contributed by atoms with Crippen LogP contribution in [0.5, 0.6) is 0 Å². The largest absolute Gasteiger partial charge is 0.396 e. The maximum atomic E-state index is 9.37. The fourth-order valence-electron chi connectivity index (χ4n) is 2.44. The van der Waals surface area contributed by atoms with Crippen molar-refractivity contribution in [2.75, 3.05) is 13.2 Å². The number of rotatable bonds is 6. The Morgan fingerprint density at radius 1 is 0.600 bits per heavy atom. The smallest absolute Gasteiger partial charge is 0.0471 e. The summed E-state index contributed by atoms with van der Waals surface area (Å²) in [7, 11) is 0. The Morgan fingerprint density at radius 2 is 0.950 bits per heavy atom. The Morgan fingerprint density at radius 3 is 1.25 bits per heavy atom. The number of aliphatic hydroxyl groups is 2. The van der Waals surface area contributed by atoms with Gasteiger partial charge in [0.25, 0.3) is 0 Å². The summed E-state index contributed by atoms with van der Waals surface area (Å²) >= 11 is 0. The number of hydrogen-bond acceptors (Lipinski definition) is 2. The van der Waals surface area contributed by atoms with Crippen LogP contribution in [0.1, 0.15) is 24.0 Å². The zero-order chi connectivity index (χ0) is 14.2. The van der Waals surface area contributed by atoms with Crippen molar-refractivity contribution in [3.63, 3.8) is 0 Å².